The first-order chi connectivity index (χ1) is 13.0. The Labute approximate surface area is 159 Å². The van der Waals surface area contributed by atoms with Gasteiger partial charge < -0.3 is 16.0 Å². The summed E-state index contributed by atoms with van der Waals surface area (Å²) in [5, 5.41) is 2.52. The molecule has 0 heterocycles. The normalized spacial score (nSPS) is 10.4. The molecule has 0 saturated carbocycles. The molecule has 3 N–H and O–H groups in total. The Kier molecular flexibility index (Phi) is 7.79. The minimum Gasteiger partial charge on any atom is -0.352 e. The number of hydrogen-bond donors (Lipinski definition) is 2. The Balaban J connectivity index is 2.09. The van der Waals surface area contributed by atoms with Crippen molar-refractivity contribution in [1.29, 1.82) is 0 Å². The van der Waals surface area contributed by atoms with E-state index in [2.05, 4.69) is 12.2 Å². The number of rotatable bonds is 9. The van der Waals surface area contributed by atoms with E-state index in [1.165, 1.54) is 12.1 Å². The molecule has 6 heteroatoms. The van der Waals surface area contributed by atoms with Gasteiger partial charge >= 0.3 is 6.03 Å². The maximum Gasteiger partial charge on any atom is 0.312 e. The lowest BCUT2D eigenvalue weighted by Crippen LogP contribution is -2.31. The van der Waals surface area contributed by atoms with E-state index in [0.717, 1.165) is 30.4 Å². The van der Waals surface area contributed by atoms with E-state index in [1.807, 2.05) is 0 Å². The van der Waals surface area contributed by atoms with E-state index >= 15 is 0 Å². The fourth-order valence-electron chi connectivity index (χ4n) is 2.75. The topological polar surface area (TPSA) is 75.4 Å². The van der Waals surface area contributed by atoms with Gasteiger partial charge in [0.1, 0.15) is 5.82 Å². The van der Waals surface area contributed by atoms with Crippen LogP contribution in [0.1, 0.15) is 47.7 Å². The number of carbonyl (C=O) groups excluding carboxylic acids is 2. The lowest BCUT2D eigenvalue weighted by Gasteiger charge is -2.23. The number of urea groups is 1. The van der Waals surface area contributed by atoms with Gasteiger partial charge in [0.2, 0.25) is 0 Å². The number of nitrogens with two attached hydrogens (primary N) is 1. The molecule has 5 nitrogen and oxygen atoms in total. The molecule has 3 amide bonds. The minimum absolute atomic E-state index is 0.0650. The number of carbonyl (C=O) groups is 2. The third-order valence-electron chi connectivity index (χ3n) is 4.27. The molecule has 0 aliphatic rings. The Hall–Kier alpha value is -2.89. The first-order valence-electron chi connectivity index (χ1n) is 9.15. The summed E-state index contributed by atoms with van der Waals surface area (Å²) in [6.07, 6.45) is 3.04. The van der Waals surface area contributed by atoms with Crippen molar-refractivity contribution < 1.29 is 14.0 Å². The molecular weight excluding hydrogens is 345 g/mol. The molecule has 0 atom stereocenters. The lowest BCUT2D eigenvalue weighted by molar-refractivity contribution is 0.0740. The molecule has 0 saturated heterocycles. The van der Waals surface area contributed by atoms with Crippen molar-refractivity contribution in [3.8, 4) is 0 Å². The third kappa shape index (κ3) is 6.73. The highest BCUT2D eigenvalue weighted by Gasteiger charge is 2.16. The Morgan fingerprint density at radius 1 is 1.00 bits per heavy atom. The van der Waals surface area contributed by atoms with Gasteiger partial charge in [-0.15, -0.1) is 0 Å². The zero-order valence-corrected chi connectivity index (χ0v) is 15.6. The third-order valence-corrected chi connectivity index (χ3v) is 4.27. The van der Waals surface area contributed by atoms with Crippen LogP contribution in [0.4, 0.5) is 9.18 Å². The van der Waals surface area contributed by atoms with E-state index in [-0.39, 0.29) is 11.7 Å². The number of halogens is 1. The van der Waals surface area contributed by atoms with Gasteiger partial charge in [0.25, 0.3) is 5.91 Å². The highest BCUT2D eigenvalue weighted by molar-refractivity contribution is 5.94. The molecular formula is C21H26FN3O2. The zero-order chi connectivity index (χ0) is 19.6. The number of nitrogens with one attached hydrogen (secondary N) is 1. The second-order valence-corrected chi connectivity index (χ2v) is 6.48. The van der Waals surface area contributed by atoms with Crippen molar-refractivity contribution in [2.24, 2.45) is 5.73 Å². The molecule has 144 valence electrons. The molecule has 0 radical (unpaired) electrons. The minimum atomic E-state index is -0.587. The van der Waals surface area contributed by atoms with Crippen LogP contribution in [0.3, 0.4) is 0 Å². The van der Waals surface area contributed by atoms with Crippen LogP contribution in [0.5, 0.6) is 0 Å². The molecule has 0 aliphatic carbocycles. The summed E-state index contributed by atoms with van der Waals surface area (Å²) in [6.45, 7) is 3.52. The number of primary amides is 1. The smallest absolute Gasteiger partial charge is 0.312 e. The van der Waals surface area contributed by atoms with Crippen LogP contribution in [0.15, 0.2) is 48.5 Å². The number of unbranched alkanes of at least 4 members (excludes halogenated alkanes) is 2. The van der Waals surface area contributed by atoms with E-state index in [1.54, 1.807) is 41.3 Å². The van der Waals surface area contributed by atoms with Crippen LogP contribution >= 0.6 is 0 Å². The monoisotopic (exact) mass is 371 g/mol. The van der Waals surface area contributed by atoms with Crippen molar-refractivity contribution in [2.45, 2.75) is 39.3 Å². The molecule has 2 rings (SSSR count). The fraction of sp³-hybridized carbons (Fsp3) is 0.333. The van der Waals surface area contributed by atoms with Crippen LogP contribution in [0.2, 0.25) is 0 Å². The van der Waals surface area contributed by atoms with E-state index in [9.17, 15) is 14.0 Å². The standard InChI is InChI=1S/C21H26FN3O2/c1-2-3-4-13-25(15-17-7-11-19(22)12-8-17)20(26)18-9-5-16(6-10-18)14-24-21(23)27/h5-12H,2-4,13-15H2,1H3,(H3,23,24,27). The van der Waals surface area contributed by atoms with Crippen LogP contribution < -0.4 is 11.1 Å². The second-order valence-electron chi connectivity index (χ2n) is 6.48. The van der Waals surface area contributed by atoms with Crippen molar-refractivity contribution >= 4 is 11.9 Å². The Morgan fingerprint density at radius 2 is 1.63 bits per heavy atom. The number of benzene rings is 2. The molecule has 27 heavy (non-hydrogen) atoms. The first-order valence-corrected chi connectivity index (χ1v) is 9.15. The second kappa shape index (κ2) is 10.3. The summed E-state index contributed by atoms with van der Waals surface area (Å²) in [7, 11) is 0. The van der Waals surface area contributed by atoms with Gasteiger partial charge in [-0.3, -0.25) is 4.79 Å². The molecule has 0 fully saturated rings. The van der Waals surface area contributed by atoms with Crippen molar-refractivity contribution in [3.05, 3.63) is 71.0 Å². The predicted octanol–water partition coefficient (Wildman–Crippen LogP) is 3.83. The fourth-order valence-corrected chi connectivity index (χ4v) is 2.75. The number of amides is 3. The van der Waals surface area contributed by atoms with Crippen LogP contribution in [0.25, 0.3) is 0 Å². The molecule has 0 unspecified atom stereocenters. The highest BCUT2D eigenvalue weighted by Crippen LogP contribution is 2.14. The SMILES string of the molecule is CCCCCN(Cc1ccc(F)cc1)C(=O)c1ccc(CNC(N)=O)cc1. The largest absolute Gasteiger partial charge is 0.352 e. The van der Waals surface area contributed by atoms with Crippen molar-refractivity contribution in [1.82, 2.24) is 10.2 Å². The Bertz CT molecular complexity index is 745. The van der Waals surface area contributed by atoms with Gasteiger partial charge in [-0.25, -0.2) is 9.18 Å². The summed E-state index contributed by atoms with van der Waals surface area (Å²) in [5.74, 6) is -0.354. The van der Waals surface area contributed by atoms with Crippen LogP contribution in [-0.2, 0) is 13.1 Å². The molecule has 2 aromatic carbocycles. The van der Waals surface area contributed by atoms with Crippen molar-refractivity contribution in [2.75, 3.05) is 6.54 Å². The van der Waals surface area contributed by atoms with Gasteiger partial charge in [-0.2, -0.15) is 0 Å². The molecule has 0 bridgehead atoms. The lowest BCUT2D eigenvalue weighted by atomic mass is 10.1. The maximum atomic E-state index is 13.1. The van der Waals surface area contributed by atoms with Gasteiger partial charge in [0.05, 0.1) is 0 Å². The maximum absolute atomic E-state index is 13.1. The Morgan fingerprint density at radius 3 is 2.22 bits per heavy atom. The summed E-state index contributed by atoms with van der Waals surface area (Å²) in [4.78, 5) is 25.5. The predicted molar refractivity (Wildman–Crippen MR) is 104 cm³/mol. The van der Waals surface area contributed by atoms with E-state index in [0.29, 0.717) is 25.2 Å². The molecule has 2 aromatic rings. The average molecular weight is 371 g/mol. The van der Waals surface area contributed by atoms with Gasteiger partial charge in [-0.05, 0) is 41.8 Å². The van der Waals surface area contributed by atoms with Crippen LogP contribution in [-0.4, -0.2) is 23.4 Å². The summed E-state index contributed by atoms with van der Waals surface area (Å²) < 4.78 is 13.1. The zero-order valence-electron chi connectivity index (χ0n) is 15.6. The molecule has 0 spiro atoms. The van der Waals surface area contributed by atoms with E-state index in [4.69, 9.17) is 5.73 Å². The summed E-state index contributed by atoms with van der Waals surface area (Å²) in [5.41, 5.74) is 7.40. The van der Waals surface area contributed by atoms with Gasteiger partial charge in [0, 0.05) is 25.2 Å². The van der Waals surface area contributed by atoms with Crippen LogP contribution in [0, 0.1) is 5.82 Å². The highest BCUT2D eigenvalue weighted by atomic mass is 19.1. The number of nitrogens with zero attached hydrogens (tertiary/aromatic N) is 1. The quantitative estimate of drug-likeness (QED) is 0.658. The number of hydrogen-bond acceptors (Lipinski definition) is 2. The van der Waals surface area contributed by atoms with E-state index < -0.39 is 6.03 Å². The molecule has 0 aromatic heterocycles. The molecule has 0 aliphatic heterocycles. The van der Waals surface area contributed by atoms with Gasteiger partial charge in [0.15, 0.2) is 0 Å². The van der Waals surface area contributed by atoms with Crippen molar-refractivity contribution in [3.63, 3.8) is 0 Å². The summed E-state index contributed by atoms with van der Waals surface area (Å²) in [6, 6.07) is 12.7. The summed E-state index contributed by atoms with van der Waals surface area (Å²) >= 11 is 0. The average Bonchev–Trinajstić information content (AvgIpc) is 2.67. The van der Waals surface area contributed by atoms with Gasteiger partial charge in [-0.1, -0.05) is 44.0 Å². The first kappa shape index (κ1) is 20.4.